The van der Waals surface area contributed by atoms with Crippen LogP contribution in [0.15, 0.2) is 0 Å². The molecule has 1 heterocycles. The van der Waals surface area contributed by atoms with Crippen molar-refractivity contribution in [2.24, 2.45) is 11.8 Å². The SMILES string of the molecule is O=C(C1CCC1)N1CCC[C@@H]2C[C@@H]21. The van der Waals surface area contributed by atoms with Crippen LogP contribution in [0.1, 0.15) is 38.5 Å². The van der Waals surface area contributed by atoms with Gasteiger partial charge in [-0.05, 0) is 38.0 Å². The van der Waals surface area contributed by atoms with Gasteiger partial charge in [0.1, 0.15) is 0 Å². The van der Waals surface area contributed by atoms with Crippen molar-refractivity contribution in [3.8, 4) is 0 Å². The lowest BCUT2D eigenvalue weighted by Gasteiger charge is -2.34. The third kappa shape index (κ3) is 1.18. The van der Waals surface area contributed by atoms with Gasteiger partial charge in [-0.1, -0.05) is 6.42 Å². The zero-order valence-electron chi connectivity index (χ0n) is 8.04. The number of nitrogens with zero attached hydrogens (tertiary/aromatic N) is 1. The second kappa shape index (κ2) is 2.73. The van der Waals surface area contributed by atoms with Crippen molar-refractivity contribution < 1.29 is 4.79 Å². The number of likely N-dealkylation sites (tertiary alicyclic amines) is 1. The normalized spacial score (nSPS) is 38.0. The fourth-order valence-corrected chi connectivity index (χ4v) is 2.78. The van der Waals surface area contributed by atoms with Crippen LogP contribution in [-0.4, -0.2) is 23.4 Å². The third-order valence-electron chi connectivity index (χ3n) is 4.00. The van der Waals surface area contributed by atoms with Crippen LogP contribution < -0.4 is 0 Å². The van der Waals surface area contributed by atoms with Gasteiger partial charge in [-0.15, -0.1) is 0 Å². The Morgan fingerprint density at radius 3 is 2.69 bits per heavy atom. The van der Waals surface area contributed by atoms with Gasteiger partial charge in [-0.3, -0.25) is 4.79 Å². The number of piperidine rings is 1. The Balaban J connectivity index is 1.66. The van der Waals surface area contributed by atoms with Gasteiger partial charge in [-0.25, -0.2) is 0 Å². The topological polar surface area (TPSA) is 20.3 Å². The van der Waals surface area contributed by atoms with Gasteiger partial charge >= 0.3 is 0 Å². The largest absolute Gasteiger partial charge is 0.339 e. The van der Waals surface area contributed by atoms with E-state index in [4.69, 9.17) is 0 Å². The standard InChI is InChI=1S/C11H17NO/c13-11(8-3-1-4-8)12-6-2-5-9-7-10(9)12/h8-10H,1-7H2/t9-,10+/m1/s1. The molecular weight excluding hydrogens is 162 g/mol. The fourth-order valence-electron chi connectivity index (χ4n) is 2.78. The smallest absolute Gasteiger partial charge is 0.225 e. The van der Waals surface area contributed by atoms with E-state index >= 15 is 0 Å². The van der Waals surface area contributed by atoms with Gasteiger partial charge in [-0.2, -0.15) is 0 Å². The molecule has 0 aromatic rings. The average molecular weight is 179 g/mol. The zero-order valence-corrected chi connectivity index (χ0v) is 8.04. The molecule has 0 aromatic heterocycles. The molecule has 0 spiro atoms. The van der Waals surface area contributed by atoms with Crippen LogP contribution in [0.4, 0.5) is 0 Å². The maximum absolute atomic E-state index is 11.9. The molecule has 3 aliphatic rings. The van der Waals surface area contributed by atoms with Crippen LogP contribution in [0.5, 0.6) is 0 Å². The molecule has 2 heteroatoms. The first-order valence-corrected chi connectivity index (χ1v) is 5.67. The van der Waals surface area contributed by atoms with Crippen LogP contribution in [-0.2, 0) is 4.79 Å². The van der Waals surface area contributed by atoms with Crippen LogP contribution in [0, 0.1) is 11.8 Å². The van der Waals surface area contributed by atoms with E-state index in [0.717, 1.165) is 25.3 Å². The molecule has 0 radical (unpaired) electrons. The summed E-state index contributed by atoms with van der Waals surface area (Å²) in [5, 5.41) is 0. The Hall–Kier alpha value is -0.530. The number of amides is 1. The minimum Gasteiger partial charge on any atom is -0.339 e. The summed E-state index contributed by atoms with van der Waals surface area (Å²) in [6, 6.07) is 0.668. The summed E-state index contributed by atoms with van der Waals surface area (Å²) in [7, 11) is 0. The van der Waals surface area contributed by atoms with Crippen LogP contribution >= 0.6 is 0 Å². The van der Waals surface area contributed by atoms with Crippen molar-refractivity contribution >= 4 is 5.91 Å². The summed E-state index contributed by atoms with van der Waals surface area (Å²) in [6.45, 7) is 1.05. The molecule has 2 aliphatic carbocycles. The first-order chi connectivity index (χ1) is 6.36. The molecule has 1 aliphatic heterocycles. The Labute approximate surface area is 79.3 Å². The molecule has 13 heavy (non-hydrogen) atoms. The predicted molar refractivity (Wildman–Crippen MR) is 50.2 cm³/mol. The summed E-state index contributed by atoms with van der Waals surface area (Å²) < 4.78 is 0. The van der Waals surface area contributed by atoms with E-state index in [9.17, 15) is 4.79 Å². The summed E-state index contributed by atoms with van der Waals surface area (Å²) in [5.41, 5.74) is 0. The summed E-state index contributed by atoms with van der Waals surface area (Å²) in [6.07, 6.45) is 7.52. The minimum atomic E-state index is 0.416. The maximum Gasteiger partial charge on any atom is 0.225 e. The fraction of sp³-hybridized carbons (Fsp3) is 0.909. The highest BCUT2D eigenvalue weighted by molar-refractivity contribution is 5.80. The Kier molecular flexibility index (Phi) is 1.64. The van der Waals surface area contributed by atoms with Gasteiger partial charge in [0.25, 0.3) is 0 Å². The molecule has 1 saturated heterocycles. The third-order valence-corrected chi connectivity index (χ3v) is 4.00. The highest BCUT2D eigenvalue weighted by atomic mass is 16.2. The van der Waals surface area contributed by atoms with Gasteiger partial charge in [0.2, 0.25) is 5.91 Å². The molecule has 0 aromatic carbocycles. The second-order valence-corrected chi connectivity index (χ2v) is 4.86. The summed E-state index contributed by atoms with van der Waals surface area (Å²) >= 11 is 0. The summed E-state index contributed by atoms with van der Waals surface area (Å²) in [4.78, 5) is 14.1. The van der Waals surface area contributed by atoms with Crippen molar-refractivity contribution in [1.82, 2.24) is 4.90 Å². The van der Waals surface area contributed by atoms with Crippen LogP contribution in [0.3, 0.4) is 0 Å². The Morgan fingerprint density at radius 2 is 2.00 bits per heavy atom. The van der Waals surface area contributed by atoms with E-state index in [1.807, 2.05) is 0 Å². The zero-order chi connectivity index (χ0) is 8.84. The molecule has 2 saturated carbocycles. The van der Waals surface area contributed by atoms with Crippen LogP contribution in [0.25, 0.3) is 0 Å². The highest BCUT2D eigenvalue weighted by Crippen LogP contribution is 2.44. The van der Waals surface area contributed by atoms with Crippen molar-refractivity contribution in [2.45, 2.75) is 44.6 Å². The number of carbonyl (C=O) groups excluding carboxylic acids is 1. The number of hydrogen-bond acceptors (Lipinski definition) is 1. The number of carbonyl (C=O) groups is 1. The number of fused-ring (bicyclic) bond motifs is 1. The monoisotopic (exact) mass is 179 g/mol. The number of hydrogen-bond donors (Lipinski definition) is 0. The Bertz CT molecular complexity index is 234. The second-order valence-electron chi connectivity index (χ2n) is 4.86. The van der Waals surface area contributed by atoms with E-state index in [1.54, 1.807) is 0 Å². The first kappa shape index (κ1) is 7.84. The maximum atomic E-state index is 11.9. The predicted octanol–water partition coefficient (Wildman–Crippen LogP) is 1.80. The lowest BCUT2D eigenvalue weighted by Crippen LogP contribution is -2.43. The Morgan fingerprint density at radius 1 is 1.15 bits per heavy atom. The van der Waals surface area contributed by atoms with Gasteiger partial charge < -0.3 is 4.90 Å². The molecule has 0 N–H and O–H groups in total. The van der Waals surface area contributed by atoms with E-state index in [2.05, 4.69) is 4.90 Å². The summed E-state index contributed by atoms with van der Waals surface area (Å²) in [5.74, 6) is 1.79. The number of rotatable bonds is 1. The van der Waals surface area contributed by atoms with Crippen molar-refractivity contribution in [1.29, 1.82) is 0 Å². The van der Waals surface area contributed by atoms with Gasteiger partial charge in [0.15, 0.2) is 0 Å². The van der Waals surface area contributed by atoms with Gasteiger partial charge in [0, 0.05) is 18.5 Å². The van der Waals surface area contributed by atoms with E-state index < -0.39 is 0 Å². The lowest BCUT2D eigenvalue weighted by atomic mass is 9.84. The lowest BCUT2D eigenvalue weighted by molar-refractivity contribution is -0.139. The molecule has 72 valence electrons. The molecule has 0 bridgehead atoms. The minimum absolute atomic E-state index is 0.416. The molecule has 0 unspecified atom stereocenters. The van der Waals surface area contributed by atoms with Crippen LogP contribution in [0.2, 0.25) is 0 Å². The molecule has 3 fully saturated rings. The van der Waals surface area contributed by atoms with Crippen molar-refractivity contribution in [2.75, 3.05) is 6.54 Å². The van der Waals surface area contributed by atoms with E-state index in [1.165, 1.54) is 25.7 Å². The quantitative estimate of drug-likeness (QED) is 0.601. The van der Waals surface area contributed by atoms with Crippen molar-refractivity contribution in [3.05, 3.63) is 0 Å². The van der Waals surface area contributed by atoms with Gasteiger partial charge in [0.05, 0.1) is 0 Å². The molecule has 2 nitrogen and oxygen atoms in total. The van der Waals surface area contributed by atoms with E-state index in [-0.39, 0.29) is 0 Å². The first-order valence-electron chi connectivity index (χ1n) is 5.67. The average Bonchev–Trinajstić information content (AvgIpc) is 2.77. The molecule has 3 rings (SSSR count). The van der Waals surface area contributed by atoms with Crippen molar-refractivity contribution in [3.63, 3.8) is 0 Å². The van der Waals surface area contributed by atoms with E-state index in [0.29, 0.717) is 17.9 Å². The highest BCUT2D eigenvalue weighted by Gasteiger charge is 2.47. The molecule has 1 amide bonds. The molecule has 2 atom stereocenters. The molecular formula is C11H17NO.